The molecule has 0 saturated carbocycles. The van der Waals surface area contributed by atoms with E-state index in [1.807, 2.05) is 43.3 Å². The first kappa shape index (κ1) is 13.2. The van der Waals surface area contributed by atoms with E-state index in [1.54, 1.807) is 13.3 Å². The molecule has 0 spiro atoms. The molecule has 1 aromatic heterocycles. The molecular formula is C15H18N2O2. The summed E-state index contributed by atoms with van der Waals surface area (Å²) in [5.74, 6) is 2.37. The summed E-state index contributed by atoms with van der Waals surface area (Å²) < 4.78 is 10.8. The molecule has 0 aliphatic carbocycles. The van der Waals surface area contributed by atoms with Gasteiger partial charge in [0.1, 0.15) is 5.75 Å². The number of benzene rings is 1. The van der Waals surface area contributed by atoms with Crippen LogP contribution < -0.4 is 14.8 Å². The van der Waals surface area contributed by atoms with E-state index in [4.69, 9.17) is 9.47 Å². The first-order valence-corrected chi connectivity index (χ1v) is 6.28. The number of anilines is 1. The van der Waals surface area contributed by atoms with Gasteiger partial charge in [-0.15, -0.1) is 0 Å². The fourth-order valence-corrected chi connectivity index (χ4v) is 1.82. The van der Waals surface area contributed by atoms with Gasteiger partial charge in [-0.2, -0.15) is 0 Å². The third kappa shape index (κ3) is 3.37. The van der Waals surface area contributed by atoms with Gasteiger partial charge in [-0.05, 0) is 25.1 Å². The Morgan fingerprint density at radius 1 is 1.11 bits per heavy atom. The smallest absolute Gasteiger partial charge is 0.169 e. The van der Waals surface area contributed by atoms with Crippen LogP contribution in [0.5, 0.6) is 11.5 Å². The first-order valence-electron chi connectivity index (χ1n) is 6.28. The van der Waals surface area contributed by atoms with Gasteiger partial charge in [0.2, 0.25) is 0 Å². The summed E-state index contributed by atoms with van der Waals surface area (Å²) in [5, 5.41) is 3.27. The highest BCUT2D eigenvalue weighted by Gasteiger charge is 2.05. The van der Waals surface area contributed by atoms with Crippen molar-refractivity contribution < 1.29 is 9.47 Å². The van der Waals surface area contributed by atoms with Crippen molar-refractivity contribution in [3.05, 3.63) is 48.2 Å². The minimum atomic E-state index is 0.620. The monoisotopic (exact) mass is 258 g/mol. The molecule has 2 rings (SSSR count). The van der Waals surface area contributed by atoms with Gasteiger partial charge < -0.3 is 14.8 Å². The summed E-state index contributed by atoms with van der Waals surface area (Å²) in [4.78, 5) is 4.29. The Balaban J connectivity index is 2.10. The Morgan fingerprint density at radius 2 is 1.89 bits per heavy atom. The van der Waals surface area contributed by atoms with E-state index in [1.165, 1.54) is 0 Å². The van der Waals surface area contributed by atoms with E-state index in [0.29, 0.717) is 13.2 Å². The van der Waals surface area contributed by atoms with Crippen LogP contribution in [0.4, 0.5) is 5.82 Å². The lowest BCUT2D eigenvalue weighted by atomic mass is 10.2. The molecule has 0 unspecified atom stereocenters. The van der Waals surface area contributed by atoms with Crippen LogP contribution in [0, 0.1) is 0 Å². The maximum absolute atomic E-state index is 5.53. The highest BCUT2D eigenvalue weighted by molar-refractivity contribution is 5.50. The highest BCUT2D eigenvalue weighted by atomic mass is 16.5. The van der Waals surface area contributed by atoms with Crippen LogP contribution in [0.25, 0.3) is 0 Å². The van der Waals surface area contributed by atoms with Gasteiger partial charge in [-0.3, -0.25) is 0 Å². The minimum Gasteiger partial charge on any atom is -0.496 e. The lowest BCUT2D eigenvalue weighted by Crippen LogP contribution is -2.05. The summed E-state index contributed by atoms with van der Waals surface area (Å²) in [6, 6.07) is 11.7. The summed E-state index contributed by atoms with van der Waals surface area (Å²) >= 11 is 0. The molecule has 100 valence electrons. The maximum atomic E-state index is 5.53. The Labute approximate surface area is 113 Å². The van der Waals surface area contributed by atoms with Gasteiger partial charge >= 0.3 is 0 Å². The Hall–Kier alpha value is -2.23. The zero-order valence-corrected chi connectivity index (χ0v) is 11.2. The van der Waals surface area contributed by atoms with Gasteiger partial charge in [-0.25, -0.2) is 4.98 Å². The van der Waals surface area contributed by atoms with E-state index < -0.39 is 0 Å². The van der Waals surface area contributed by atoms with Crippen LogP contribution in [0.1, 0.15) is 12.5 Å². The quantitative estimate of drug-likeness (QED) is 0.864. The van der Waals surface area contributed by atoms with Gasteiger partial charge in [0.25, 0.3) is 0 Å². The van der Waals surface area contributed by atoms with Crippen molar-refractivity contribution in [2.75, 3.05) is 19.0 Å². The van der Waals surface area contributed by atoms with E-state index in [2.05, 4.69) is 10.3 Å². The molecule has 19 heavy (non-hydrogen) atoms. The van der Waals surface area contributed by atoms with E-state index >= 15 is 0 Å². The van der Waals surface area contributed by atoms with Crippen molar-refractivity contribution in [1.82, 2.24) is 4.98 Å². The average Bonchev–Trinajstić information content (AvgIpc) is 2.47. The number of ether oxygens (including phenoxy) is 2. The Bertz CT molecular complexity index is 529. The topological polar surface area (TPSA) is 43.4 Å². The van der Waals surface area contributed by atoms with Crippen molar-refractivity contribution >= 4 is 5.82 Å². The van der Waals surface area contributed by atoms with Crippen molar-refractivity contribution in [1.29, 1.82) is 0 Å². The fourth-order valence-electron chi connectivity index (χ4n) is 1.82. The van der Waals surface area contributed by atoms with E-state index in [9.17, 15) is 0 Å². The number of pyridine rings is 1. The number of rotatable bonds is 6. The normalized spacial score (nSPS) is 10.0. The van der Waals surface area contributed by atoms with Crippen LogP contribution in [-0.4, -0.2) is 18.7 Å². The van der Waals surface area contributed by atoms with Crippen LogP contribution in [0.3, 0.4) is 0 Å². The third-order valence-corrected chi connectivity index (χ3v) is 2.71. The van der Waals surface area contributed by atoms with Gasteiger partial charge in [0.05, 0.1) is 13.7 Å². The molecule has 0 bridgehead atoms. The van der Waals surface area contributed by atoms with Crippen LogP contribution in [-0.2, 0) is 6.54 Å². The molecule has 1 heterocycles. The van der Waals surface area contributed by atoms with Gasteiger partial charge in [-0.1, -0.05) is 18.2 Å². The summed E-state index contributed by atoms with van der Waals surface area (Å²) in [6.45, 7) is 3.22. The number of nitrogens with one attached hydrogen (secondary N) is 1. The minimum absolute atomic E-state index is 0.620. The van der Waals surface area contributed by atoms with E-state index in [-0.39, 0.29) is 0 Å². The standard InChI is InChI=1S/C15H18N2O2/c1-3-19-14-9-6-10-16-15(14)17-11-12-7-4-5-8-13(12)18-2/h4-10H,3,11H2,1-2H3,(H,16,17). The number of hydrogen-bond donors (Lipinski definition) is 1. The van der Waals surface area contributed by atoms with Crippen molar-refractivity contribution in [3.63, 3.8) is 0 Å². The molecule has 4 nitrogen and oxygen atoms in total. The number of nitrogens with zero attached hydrogens (tertiary/aromatic N) is 1. The van der Waals surface area contributed by atoms with Gasteiger partial charge in [0, 0.05) is 18.3 Å². The molecule has 0 aliphatic rings. The van der Waals surface area contributed by atoms with Crippen LogP contribution in [0.2, 0.25) is 0 Å². The molecule has 0 atom stereocenters. The van der Waals surface area contributed by atoms with Crippen molar-refractivity contribution in [3.8, 4) is 11.5 Å². The predicted octanol–water partition coefficient (Wildman–Crippen LogP) is 3.10. The van der Waals surface area contributed by atoms with E-state index in [0.717, 1.165) is 22.9 Å². The molecule has 1 aromatic carbocycles. The number of para-hydroxylation sites is 1. The number of methoxy groups -OCH3 is 1. The third-order valence-electron chi connectivity index (χ3n) is 2.71. The number of hydrogen-bond acceptors (Lipinski definition) is 4. The molecule has 0 aliphatic heterocycles. The van der Waals surface area contributed by atoms with Crippen molar-refractivity contribution in [2.45, 2.75) is 13.5 Å². The largest absolute Gasteiger partial charge is 0.496 e. The Kier molecular flexibility index (Phi) is 4.61. The second kappa shape index (κ2) is 6.64. The lowest BCUT2D eigenvalue weighted by molar-refractivity contribution is 0.340. The molecule has 0 saturated heterocycles. The highest BCUT2D eigenvalue weighted by Crippen LogP contribution is 2.23. The lowest BCUT2D eigenvalue weighted by Gasteiger charge is -2.12. The molecule has 0 radical (unpaired) electrons. The van der Waals surface area contributed by atoms with Gasteiger partial charge in [0.15, 0.2) is 11.6 Å². The first-order chi connectivity index (χ1) is 9.35. The van der Waals surface area contributed by atoms with Crippen LogP contribution in [0.15, 0.2) is 42.6 Å². The molecule has 1 N–H and O–H groups in total. The number of aromatic nitrogens is 1. The second-order valence-corrected chi connectivity index (χ2v) is 3.95. The predicted molar refractivity (Wildman–Crippen MR) is 75.7 cm³/mol. The maximum Gasteiger partial charge on any atom is 0.169 e. The fraction of sp³-hybridized carbons (Fsp3) is 0.267. The zero-order chi connectivity index (χ0) is 13.5. The summed E-state index contributed by atoms with van der Waals surface area (Å²) in [7, 11) is 1.67. The Morgan fingerprint density at radius 3 is 2.68 bits per heavy atom. The molecular weight excluding hydrogens is 240 g/mol. The molecule has 0 fully saturated rings. The second-order valence-electron chi connectivity index (χ2n) is 3.95. The SMILES string of the molecule is CCOc1cccnc1NCc1ccccc1OC. The summed E-state index contributed by atoms with van der Waals surface area (Å²) in [6.07, 6.45) is 1.74. The summed E-state index contributed by atoms with van der Waals surface area (Å²) in [5.41, 5.74) is 1.08. The average molecular weight is 258 g/mol. The molecule has 4 heteroatoms. The zero-order valence-electron chi connectivity index (χ0n) is 11.2. The molecule has 0 amide bonds. The van der Waals surface area contributed by atoms with Crippen LogP contribution >= 0.6 is 0 Å². The van der Waals surface area contributed by atoms with Crippen molar-refractivity contribution in [2.24, 2.45) is 0 Å². The molecule has 2 aromatic rings.